The molecule has 0 spiro atoms. The minimum atomic E-state index is -0.437. The van der Waals surface area contributed by atoms with E-state index in [1.165, 1.54) is 18.3 Å². The number of anilines is 3. The third-order valence-corrected chi connectivity index (χ3v) is 3.63. The summed E-state index contributed by atoms with van der Waals surface area (Å²) < 4.78 is 14.2. The highest BCUT2D eigenvalue weighted by Crippen LogP contribution is 2.35. The summed E-state index contributed by atoms with van der Waals surface area (Å²) in [7, 11) is 0. The lowest BCUT2D eigenvalue weighted by Crippen LogP contribution is -2.11. The van der Waals surface area contributed by atoms with Gasteiger partial charge in [0.15, 0.2) is 5.82 Å². The number of hydrogen-bond acceptors (Lipinski definition) is 5. The van der Waals surface area contributed by atoms with Crippen LogP contribution in [0.25, 0.3) is 0 Å². The molecule has 0 fully saturated rings. The smallest absolute Gasteiger partial charge is 0.239 e. The van der Waals surface area contributed by atoms with Crippen LogP contribution in [0.15, 0.2) is 27.3 Å². The number of hydrazine groups is 1. The molecule has 0 bridgehead atoms. The Hall–Kier alpha value is -0.960. The number of benzene rings is 1. The molecule has 2 aromatic rings. The molecular formula is C10H7Br2ClFN5. The van der Waals surface area contributed by atoms with Gasteiger partial charge < -0.3 is 5.32 Å². The maximum Gasteiger partial charge on any atom is 0.239 e. The summed E-state index contributed by atoms with van der Waals surface area (Å²) in [6, 6.07) is 2.50. The first-order valence-electron chi connectivity index (χ1n) is 4.92. The maximum atomic E-state index is 13.1. The van der Waals surface area contributed by atoms with Crippen molar-refractivity contribution < 1.29 is 4.39 Å². The third kappa shape index (κ3) is 3.33. The molecule has 100 valence electrons. The Morgan fingerprint density at radius 2 is 2.00 bits per heavy atom. The molecule has 0 saturated carbocycles. The van der Waals surface area contributed by atoms with Gasteiger partial charge in [-0.3, -0.25) is 5.43 Å². The zero-order valence-electron chi connectivity index (χ0n) is 9.22. The van der Waals surface area contributed by atoms with Crippen molar-refractivity contribution in [3.63, 3.8) is 0 Å². The molecule has 1 aromatic heterocycles. The van der Waals surface area contributed by atoms with Crippen LogP contribution in [-0.4, -0.2) is 9.97 Å². The van der Waals surface area contributed by atoms with E-state index in [1.54, 1.807) is 0 Å². The molecule has 4 N–H and O–H groups in total. The van der Waals surface area contributed by atoms with Crippen LogP contribution in [0.3, 0.4) is 0 Å². The van der Waals surface area contributed by atoms with Crippen LogP contribution in [0.1, 0.15) is 0 Å². The van der Waals surface area contributed by atoms with E-state index < -0.39 is 5.82 Å². The van der Waals surface area contributed by atoms with E-state index in [4.69, 9.17) is 17.4 Å². The number of hydrogen-bond donors (Lipinski definition) is 3. The van der Waals surface area contributed by atoms with E-state index in [0.717, 1.165) is 0 Å². The summed E-state index contributed by atoms with van der Waals surface area (Å²) in [6.07, 6.45) is 1.52. The van der Waals surface area contributed by atoms with Gasteiger partial charge in [0.05, 0.1) is 15.2 Å². The molecule has 2 rings (SSSR count). The summed E-state index contributed by atoms with van der Waals surface area (Å²) in [5, 5.41) is 3.19. The molecule has 0 amide bonds. The minimum Gasteiger partial charge on any atom is -0.337 e. The van der Waals surface area contributed by atoms with Crippen molar-refractivity contribution in [2.75, 3.05) is 10.7 Å². The predicted molar refractivity (Wildman–Crippen MR) is 79.9 cm³/mol. The van der Waals surface area contributed by atoms with Gasteiger partial charge in [0, 0.05) is 10.7 Å². The SMILES string of the molecule is NNc1ncc(Br)c(Nc2c(Cl)cc(F)cc2Br)n1. The Balaban J connectivity index is 2.41. The molecule has 0 aliphatic rings. The second kappa shape index (κ2) is 6.00. The van der Waals surface area contributed by atoms with Gasteiger partial charge in [-0.15, -0.1) is 0 Å². The molecule has 5 nitrogen and oxygen atoms in total. The Morgan fingerprint density at radius 1 is 1.26 bits per heavy atom. The molecular weight excluding hydrogens is 404 g/mol. The molecule has 0 atom stereocenters. The number of nitrogens with one attached hydrogen (secondary N) is 2. The number of rotatable bonds is 3. The van der Waals surface area contributed by atoms with Gasteiger partial charge in [0.1, 0.15) is 5.82 Å². The highest BCUT2D eigenvalue weighted by Gasteiger charge is 2.11. The van der Waals surface area contributed by atoms with E-state index >= 15 is 0 Å². The van der Waals surface area contributed by atoms with Crippen LogP contribution >= 0.6 is 43.5 Å². The number of nitrogens with two attached hydrogens (primary N) is 1. The highest BCUT2D eigenvalue weighted by atomic mass is 79.9. The normalized spacial score (nSPS) is 10.4. The van der Waals surface area contributed by atoms with E-state index in [9.17, 15) is 4.39 Å². The fourth-order valence-electron chi connectivity index (χ4n) is 1.30. The van der Waals surface area contributed by atoms with Gasteiger partial charge in [-0.25, -0.2) is 15.2 Å². The zero-order chi connectivity index (χ0) is 14.0. The maximum absolute atomic E-state index is 13.1. The van der Waals surface area contributed by atoms with E-state index in [0.29, 0.717) is 20.5 Å². The summed E-state index contributed by atoms with van der Waals surface area (Å²) in [5.41, 5.74) is 2.82. The van der Waals surface area contributed by atoms with Crippen LogP contribution in [0.5, 0.6) is 0 Å². The second-order valence-corrected chi connectivity index (χ2v) is 5.52. The van der Waals surface area contributed by atoms with Crippen molar-refractivity contribution in [2.24, 2.45) is 5.84 Å². The molecule has 0 saturated heterocycles. The molecule has 0 radical (unpaired) electrons. The fourth-order valence-corrected chi connectivity index (χ4v) is 2.49. The first-order valence-corrected chi connectivity index (χ1v) is 6.88. The third-order valence-electron chi connectivity index (χ3n) is 2.12. The topological polar surface area (TPSA) is 75.9 Å². The van der Waals surface area contributed by atoms with Gasteiger partial charge in [-0.05, 0) is 44.0 Å². The van der Waals surface area contributed by atoms with Gasteiger partial charge >= 0.3 is 0 Å². The van der Waals surface area contributed by atoms with Crippen molar-refractivity contribution in [3.8, 4) is 0 Å². The summed E-state index contributed by atoms with van der Waals surface area (Å²) in [4.78, 5) is 8.03. The molecule has 0 aliphatic heterocycles. The van der Waals surface area contributed by atoms with Crippen LogP contribution in [0, 0.1) is 5.82 Å². The van der Waals surface area contributed by atoms with Gasteiger partial charge in [0.2, 0.25) is 5.95 Å². The summed E-state index contributed by atoms with van der Waals surface area (Å²) >= 11 is 12.5. The fraction of sp³-hybridized carbons (Fsp3) is 0. The number of halogens is 4. The summed E-state index contributed by atoms with van der Waals surface area (Å²) in [6.45, 7) is 0. The van der Waals surface area contributed by atoms with Crippen molar-refractivity contribution in [2.45, 2.75) is 0 Å². The van der Waals surface area contributed by atoms with E-state index in [2.05, 4.69) is 52.6 Å². The quantitative estimate of drug-likeness (QED) is 0.529. The molecule has 19 heavy (non-hydrogen) atoms. The van der Waals surface area contributed by atoms with Gasteiger partial charge in [-0.2, -0.15) is 4.98 Å². The lowest BCUT2D eigenvalue weighted by atomic mass is 10.3. The first kappa shape index (κ1) is 14.4. The average Bonchev–Trinajstić information content (AvgIpc) is 2.35. The van der Waals surface area contributed by atoms with Crippen molar-refractivity contribution in [1.82, 2.24) is 9.97 Å². The van der Waals surface area contributed by atoms with Gasteiger partial charge in [0.25, 0.3) is 0 Å². The van der Waals surface area contributed by atoms with Crippen LogP contribution in [0.4, 0.5) is 21.8 Å². The minimum absolute atomic E-state index is 0.222. The van der Waals surface area contributed by atoms with Crippen molar-refractivity contribution in [3.05, 3.63) is 38.1 Å². The van der Waals surface area contributed by atoms with Crippen LogP contribution < -0.4 is 16.6 Å². The van der Waals surface area contributed by atoms with Crippen LogP contribution in [0.2, 0.25) is 5.02 Å². The monoisotopic (exact) mass is 409 g/mol. The van der Waals surface area contributed by atoms with E-state index in [-0.39, 0.29) is 11.0 Å². The van der Waals surface area contributed by atoms with E-state index in [1.807, 2.05) is 0 Å². The van der Waals surface area contributed by atoms with Gasteiger partial charge in [-0.1, -0.05) is 11.6 Å². The first-order chi connectivity index (χ1) is 9.01. The Kier molecular flexibility index (Phi) is 4.56. The molecule has 9 heteroatoms. The number of nitrogen functional groups attached to an aromatic ring is 1. The van der Waals surface area contributed by atoms with Crippen LogP contribution in [-0.2, 0) is 0 Å². The average molecular weight is 411 g/mol. The molecule has 1 aromatic carbocycles. The molecule has 0 aliphatic carbocycles. The zero-order valence-corrected chi connectivity index (χ0v) is 13.1. The predicted octanol–water partition coefficient (Wildman–Crippen LogP) is 3.82. The Labute approximate surface area is 130 Å². The van der Waals surface area contributed by atoms with Crippen molar-refractivity contribution in [1.29, 1.82) is 0 Å². The number of aromatic nitrogens is 2. The van der Waals surface area contributed by atoms with Crippen molar-refractivity contribution >= 4 is 60.9 Å². The second-order valence-electron chi connectivity index (χ2n) is 3.40. The largest absolute Gasteiger partial charge is 0.337 e. The lowest BCUT2D eigenvalue weighted by molar-refractivity contribution is 0.627. The lowest BCUT2D eigenvalue weighted by Gasteiger charge is -2.12. The molecule has 1 heterocycles. The highest BCUT2D eigenvalue weighted by molar-refractivity contribution is 9.11. The standard InChI is InChI=1S/C10H7Br2ClFN5/c11-5-1-4(14)2-7(13)8(5)17-9-6(12)3-16-10(18-9)19-15/h1-3H,15H2,(H2,16,17,18,19). The Bertz CT molecular complexity index is 602. The Morgan fingerprint density at radius 3 is 2.63 bits per heavy atom. The number of nitrogens with zero attached hydrogens (tertiary/aromatic N) is 2. The molecule has 0 unspecified atom stereocenters. The summed E-state index contributed by atoms with van der Waals surface area (Å²) in [5.74, 6) is 5.48.